The lowest BCUT2D eigenvalue weighted by molar-refractivity contribution is 0.133. The molecule has 0 aromatic heterocycles. The zero-order valence-corrected chi connectivity index (χ0v) is 19.5. The molecule has 2 aliphatic rings. The van der Waals surface area contributed by atoms with Crippen LogP contribution >= 0.6 is 0 Å². The summed E-state index contributed by atoms with van der Waals surface area (Å²) < 4.78 is 29.4. The van der Waals surface area contributed by atoms with Crippen LogP contribution in [0.5, 0.6) is 0 Å². The van der Waals surface area contributed by atoms with Gasteiger partial charge in [-0.15, -0.1) is 0 Å². The van der Waals surface area contributed by atoms with E-state index < -0.39 is 11.6 Å². The van der Waals surface area contributed by atoms with Gasteiger partial charge in [-0.3, -0.25) is 0 Å². The average Bonchev–Trinajstić information content (AvgIpc) is 2.82. The third-order valence-corrected chi connectivity index (χ3v) is 7.79. The van der Waals surface area contributed by atoms with Crippen molar-refractivity contribution in [2.24, 2.45) is 17.8 Å². The number of rotatable bonds is 6. The second-order valence-electron chi connectivity index (χ2n) is 9.76. The molecular formula is C30H36F2. The summed E-state index contributed by atoms with van der Waals surface area (Å²) in [4.78, 5) is 0. The molecule has 2 aliphatic carbocycles. The lowest BCUT2D eigenvalue weighted by Crippen LogP contribution is -2.30. The van der Waals surface area contributed by atoms with Gasteiger partial charge in [0.05, 0.1) is 0 Å². The molecule has 0 radical (unpaired) electrons. The fourth-order valence-corrected chi connectivity index (χ4v) is 6.02. The molecule has 32 heavy (non-hydrogen) atoms. The van der Waals surface area contributed by atoms with Gasteiger partial charge in [-0.2, -0.15) is 0 Å². The minimum absolute atomic E-state index is 0.356. The van der Waals surface area contributed by atoms with Crippen LogP contribution in [0.2, 0.25) is 0 Å². The summed E-state index contributed by atoms with van der Waals surface area (Å²) in [6, 6.07) is 11.7. The summed E-state index contributed by atoms with van der Waals surface area (Å²) in [5, 5.41) is 0. The Labute approximate surface area is 192 Å². The number of hydrogen-bond acceptors (Lipinski definition) is 0. The van der Waals surface area contributed by atoms with Crippen molar-refractivity contribution in [3.8, 4) is 11.1 Å². The zero-order valence-electron chi connectivity index (χ0n) is 19.5. The molecule has 2 heteroatoms. The van der Waals surface area contributed by atoms with Crippen LogP contribution in [0.3, 0.4) is 0 Å². The Morgan fingerprint density at radius 2 is 1.56 bits per heavy atom. The van der Waals surface area contributed by atoms with Crippen molar-refractivity contribution in [1.29, 1.82) is 0 Å². The van der Waals surface area contributed by atoms with Gasteiger partial charge >= 0.3 is 0 Å². The average molecular weight is 435 g/mol. The predicted molar refractivity (Wildman–Crippen MR) is 131 cm³/mol. The van der Waals surface area contributed by atoms with E-state index in [1.807, 2.05) is 31.2 Å². The molecule has 4 rings (SSSR count). The van der Waals surface area contributed by atoms with Gasteiger partial charge in [0.15, 0.2) is 11.6 Å². The number of hydrogen-bond donors (Lipinski definition) is 0. The van der Waals surface area contributed by atoms with Crippen LogP contribution < -0.4 is 0 Å². The van der Waals surface area contributed by atoms with E-state index in [1.54, 1.807) is 12.1 Å². The maximum absolute atomic E-state index is 14.8. The molecule has 0 bridgehead atoms. The van der Waals surface area contributed by atoms with Gasteiger partial charge in [0.25, 0.3) is 0 Å². The van der Waals surface area contributed by atoms with Crippen molar-refractivity contribution in [3.63, 3.8) is 0 Å². The first-order valence-corrected chi connectivity index (χ1v) is 12.4. The fourth-order valence-electron chi connectivity index (χ4n) is 6.02. The molecule has 4 unspecified atom stereocenters. The van der Waals surface area contributed by atoms with E-state index in [2.05, 4.69) is 31.2 Å². The molecule has 2 aromatic carbocycles. The minimum Gasteiger partial charge on any atom is -0.203 e. The highest BCUT2D eigenvalue weighted by Gasteiger charge is 2.35. The standard InChI is InChI=1S/C30H36F2/c1-3-5-6-8-24-17-18-28(30(32)29(24)31)23-13-11-22(12-14-23)26-16-15-25-19-21(7-4-2)9-10-27(25)20-26/h3-5,7,11-14,17-18,21,25-27H,6,8-10,15-16,19-20H2,1-2H3/b5-3+,7-4+. The van der Waals surface area contributed by atoms with Crippen LogP contribution in [0, 0.1) is 29.4 Å². The van der Waals surface area contributed by atoms with Gasteiger partial charge in [-0.25, -0.2) is 8.78 Å². The van der Waals surface area contributed by atoms with Crippen molar-refractivity contribution < 1.29 is 8.78 Å². The van der Waals surface area contributed by atoms with Crippen molar-refractivity contribution in [3.05, 3.63) is 83.5 Å². The van der Waals surface area contributed by atoms with Crippen molar-refractivity contribution in [2.45, 2.75) is 71.1 Å². The molecule has 0 saturated heterocycles. The molecule has 2 aromatic rings. The van der Waals surface area contributed by atoms with E-state index in [0.717, 1.165) is 29.7 Å². The molecule has 2 saturated carbocycles. The molecule has 0 N–H and O–H groups in total. The Bertz CT molecular complexity index is 954. The molecule has 0 nitrogen and oxygen atoms in total. The molecule has 0 spiro atoms. The van der Waals surface area contributed by atoms with Crippen molar-refractivity contribution in [1.82, 2.24) is 0 Å². The van der Waals surface area contributed by atoms with E-state index in [-0.39, 0.29) is 0 Å². The molecule has 0 heterocycles. The Morgan fingerprint density at radius 3 is 2.31 bits per heavy atom. The smallest absolute Gasteiger partial charge is 0.166 e. The summed E-state index contributed by atoms with van der Waals surface area (Å²) in [6.07, 6.45) is 17.6. The summed E-state index contributed by atoms with van der Waals surface area (Å²) in [5.41, 5.74) is 2.91. The summed E-state index contributed by atoms with van der Waals surface area (Å²) in [7, 11) is 0. The number of allylic oxidation sites excluding steroid dienone is 4. The van der Waals surface area contributed by atoms with E-state index in [1.165, 1.54) is 44.1 Å². The quantitative estimate of drug-likeness (QED) is 0.398. The zero-order chi connectivity index (χ0) is 22.5. The van der Waals surface area contributed by atoms with Gasteiger partial charge in [0.2, 0.25) is 0 Å². The first-order chi connectivity index (χ1) is 15.6. The monoisotopic (exact) mass is 434 g/mol. The minimum atomic E-state index is -0.728. The second kappa shape index (κ2) is 10.6. The second-order valence-corrected chi connectivity index (χ2v) is 9.76. The first-order valence-electron chi connectivity index (χ1n) is 12.4. The Balaban J connectivity index is 1.43. The number of aryl methyl sites for hydroxylation is 1. The first kappa shape index (κ1) is 23.0. The van der Waals surface area contributed by atoms with Crippen LogP contribution in [0.15, 0.2) is 60.7 Å². The SMILES string of the molecule is C/C=C/CCc1ccc(-c2ccc(C3CCC4CC(/C=C/C)CCC4C3)cc2)c(F)c1F. The van der Waals surface area contributed by atoms with Crippen molar-refractivity contribution >= 4 is 0 Å². The van der Waals surface area contributed by atoms with Crippen molar-refractivity contribution in [2.75, 3.05) is 0 Å². The largest absolute Gasteiger partial charge is 0.203 e. The molecular weight excluding hydrogens is 398 g/mol. The number of halogens is 2. The van der Waals surface area contributed by atoms with E-state index in [9.17, 15) is 8.78 Å². The number of benzene rings is 2. The van der Waals surface area contributed by atoms with Crippen LogP contribution in [0.4, 0.5) is 8.78 Å². The van der Waals surface area contributed by atoms with Crippen LogP contribution in [-0.4, -0.2) is 0 Å². The van der Waals surface area contributed by atoms with E-state index in [0.29, 0.717) is 23.5 Å². The lowest BCUT2D eigenvalue weighted by atomic mass is 9.64. The summed E-state index contributed by atoms with van der Waals surface area (Å²) in [6.45, 7) is 4.07. The molecule has 0 amide bonds. The van der Waals surface area contributed by atoms with E-state index in [4.69, 9.17) is 0 Å². The van der Waals surface area contributed by atoms with Gasteiger partial charge in [-0.1, -0.05) is 60.7 Å². The highest BCUT2D eigenvalue weighted by molar-refractivity contribution is 5.65. The van der Waals surface area contributed by atoms with E-state index >= 15 is 0 Å². The Kier molecular flexibility index (Phi) is 7.60. The molecule has 0 aliphatic heterocycles. The third kappa shape index (κ3) is 5.05. The molecule has 170 valence electrons. The highest BCUT2D eigenvalue weighted by atomic mass is 19.2. The summed E-state index contributed by atoms with van der Waals surface area (Å²) >= 11 is 0. The highest BCUT2D eigenvalue weighted by Crippen LogP contribution is 2.48. The molecule has 4 atom stereocenters. The fraction of sp³-hybridized carbons (Fsp3) is 0.467. The Hall–Kier alpha value is -2.22. The van der Waals surface area contributed by atoms with Crippen LogP contribution in [0.1, 0.15) is 75.8 Å². The predicted octanol–water partition coefficient (Wildman–Crippen LogP) is 9.02. The van der Waals surface area contributed by atoms with Gasteiger partial charge in [0.1, 0.15) is 0 Å². The Morgan fingerprint density at radius 1 is 0.812 bits per heavy atom. The van der Waals surface area contributed by atoms with Crippen LogP contribution in [-0.2, 0) is 6.42 Å². The topological polar surface area (TPSA) is 0 Å². The molecule has 2 fully saturated rings. The normalized spacial score (nSPS) is 26.0. The van der Waals surface area contributed by atoms with Crippen LogP contribution in [0.25, 0.3) is 11.1 Å². The van der Waals surface area contributed by atoms with Gasteiger partial charge < -0.3 is 0 Å². The van der Waals surface area contributed by atoms with Gasteiger partial charge in [-0.05, 0) is 106 Å². The number of fused-ring (bicyclic) bond motifs is 1. The summed E-state index contributed by atoms with van der Waals surface area (Å²) in [5.74, 6) is 1.67. The third-order valence-electron chi connectivity index (χ3n) is 7.79. The van der Waals surface area contributed by atoms with Gasteiger partial charge in [0, 0.05) is 5.56 Å². The maximum atomic E-state index is 14.8. The lowest BCUT2D eigenvalue weighted by Gasteiger charge is -2.41. The maximum Gasteiger partial charge on any atom is 0.166 e.